The Hall–Kier alpha value is -3.45. The largest absolute Gasteiger partial charge is 0.311 e. The highest BCUT2D eigenvalue weighted by Crippen LogP contribution is 2.31. The van der Waals surface area contributed by atoms with Crippen LogP contribution in [0.3, 0.4) is 0 Å². The number of anilines is 1. The minimum Gasteiger partial charge on any atom is -0.311 e. The number of aryl methyl sites for hydroxylation is 2. The van der Waals surface area contributed by atoms with Gasteiger partial charge in [0.15, 0.2) is 11.0 Å². The van der Waals surface area contributed by atoms with E-state index < -0.39 is 0 Å². The summed E-state index contributed by atoms with van der Waals surface area (Å²) in [5.41, 5.74) is 5.34. The number of benzene rings is 2. The third-order valence-electron chi connectivity index (χ3n) is 5.55. The van der Waals surface area contributed by atoms with E-state index in [1.807, 2.05) is 51.9 Å². The number of fused-ring (bicyclic) bond motifs is 1. The van der Waals surface area contributed by atoms with E-state index in [0.717, 1.165) is 36.3 Å². The van der Waals surface area contributed by atoms with Crippen LogP contribution < -0.4 is 4.90 Å². The second kappa shape index (κ2) is 8.96. The van der Waals surface area contributed by atoms with E-state index in [2.05, 4.69) is 40.3 Å². The first-order chi connectivity index (χ1) is 15.7. The van der Waals surface area contributed by atoms with Crippen LogP contribution in [0.25, 0.3) is 17.1 Å². The highest BCUT2D eigenvalue weighted by atomic mass is 32.2. The van der Waals surface area contributed by atoms with Crippen LogP contribution >= 0.6 is 11.8 Å². The molecule has 0 fully saturated rings. The second-order valence-corrected chi connectivity index (χ2v) is 8.73. The van der Waals surface area contributed by atoms with Crippen LogP contribution in [0.2, 0.25) is 0 Å². The number of pyridine rings is 1. The van der Waals surface area contributed by atoms with E-state index in [1.165, 1.54) is 22.9 Å². The summed E-state index contributed by atoms with van der Waals surface area (Å²) in [5, 5.41) is 9.53. The molecule has 0 spiro atoms. The number of amides is 1. The van der Waals surface area contributed by atoms with E-state index in [4.69, 9.17) is 0 Å². The van der Waals surface area contributed by atoms with Crippen molar-refractivity contribution in [3.63, 3.8) is 0 Å². The maximum absolute atomic E-state index is 13.2. The molecule has 0 saturated heterocycles. The molecule has 2 aromatic carbocycles. The van der Waals surface area contributed by atoms with Gasteiger partial charge in [-0.15, -0.1) is 10.2 Å². The Kier molecular flexibility index (Phi) is 5.73. The van der Waals surface area contributed by atoms with Gasteiger partial charge in [0.05, 0.1) is 5.75 Å². The van der Waals surface area contributed by atoms with Crippen molar-refractivity contribution in [1.82, 2.24) is 19.7 Å². The number of nitrogens with zero attached hydrogens (tertiary/aromatic N) is 5. The van der Waals surface area contributed by atoms with Crippen LogP contribution in [0.5, 0.6) is 0 Å². The number of para-hydroxylation sites is 1. The Labute approximate surface area is 191 Å². The molecular formula is C25H23N5OS. The Bertz CT molecular complexity index is 1240. The Morgan fingerprint density at radius 3 is 2.75 bits per heavy atom. The van der Waals surface area contributed by atoms with Crippen molar-refractivity contribution < 1.29 is 4.79 Å². The third kappa shape index (κ3) is 4.03. The van der Waals surface area contributed by atoms with Crippen molar-refractivity contribution in [3.8, 4) is 17.1 Å². The number of rotatable bonds is 5. The predicted molar refractivity (Wildman–Crippen MR) is 127 cm³/mol. The van der Waals surface area contributed by atoms with Gasteiger partial charge >= 0.3 is 0 Å². The maximum Gasteiger partial charge on any atom is 0.237 e. The third-order valence-corrected chi connectivity index (χ3v) is 6.46. The second-order valence-electron chi connectivity index (χ2n) is 7.79. The lowest BCUT2D eigenvalue weighted by atomic mass is 10.00. The number of carbonyl (C=O) groups excluding carboxylic acids is 1. The molecule has 0 saturated carbocycles. The first kappa shape index (κ1) is 20.5. The molecule has 3 heterocycles. The fourth-order valence-corrected chi connectivity index (χ4v) is 4.87. The average Bonchev–Trinajstić information content (AvgIpc) is 3.27. The van der Waals surface area contributed by atoms with E-state index in [0.29, 0.717) is 16.7 Å². The van der Waals surface area contributed by atoms with Crippen LogP contribution in [0.4, 0.5) is 5.69 Å². The van der Waals surface area contributed by atoms with Crippen molar-refractivity contribution in [2.24, 2.45) is 0 Å². The molecule has 32 heavy (non-hydrogen) atoms. The zero-order valence-electron chi connectivity index (χ0n) is 17.8. The molecule has 0 aliphatic carbocycles. The van der Waals surface area contributed by atoms with Gasteiger partial charge in [-0.2, -0.15) is 0 Å². The number of aromatic nitrogens is 4. The summed E-state index contributed by atoms with van der Waals surface area (Å²) in [6.07, 6.45) is 5.51. The highest BCUT2D eigenvalue weighted by Gasteiger charge is 2.24. The van der Waals surface area contributed by atoms with Gasteiger partial charge in [-0.25, -0.2) is 0 Å². The minimum absolute atomic E-state index is 0.0883. The molecule has 0 bridgehead atoms. The van der Waals surface area contributed by atoms with Crippen molar-refractivity contribution in [1.29, 1.82) is 0 Å². The van der Waals surface area contributed by atoms with Crippen molar-refractivity contribution in [2.45, 2.75) is 24.9 Å². The normalized spacial score (nSPS) is 13.1. The lowest BCUT2D eigenvalue weighted by Crippen LogP contribution is -2.36. The fraction of sp³-hybridized carbons (Fsp3) is 0.200. The SMILES string of the molecule is Cc1ccc2c(c1)CCCN2C(=O)CSc1nnc(-c2cccnc2)n1-c1ccccc1. The summed E-state index contributed by atoms with van der Waals surface area (Å²) in [5.74, 6) is 1.09. The van der Waals surface area contributed by atoms with Crippen molar-refractivity contribution >= 4 is 23.4 Å². The van der Waals surface area contributed by atoms with Crippen molar-refractivity contribution in [3.05, 3.63) is 84.2 Å². The molecule has 1 amide bonds. The molecule has 1 aliphatic rings. The van der Waals surface area contributed by atoms with E-state index in [9.17, 15) is 4.79 Å². The van der Waals surface area contributed by atoms with Crippen LogP contribution in [0.1, 0.15) is 17.5 Å². The number of hydrogen-bond acceptors (Lipinski definition) is 5. The topological polar surface area (TPSA) is 63.9 Å². The van der Waals surface area contributed by atoms with Gasteiger partial charge in [0, 0.05) is 35.9 Å². The van der Waals surface area contributed by atoms with Gasteiger partial charge in [-0.3, -0.25) is 14.3 Å². The molecule has 1 aliphatic heterocycles. The van der Waals surface area contributed by atoms with E-state index >= 15 is 0 Å². The molecule has 0 N–H and O–H groups in total. The smallest absolute Gasteiger partial charge is 0.237 e. The predicted octanol–water partition coefficient (Wildman–Crippen LogP) is 4.71. The molecule has 6 nitrogen and oxygen atoms in total. The summed E-state index contributed by atoms with van der Waals surface area (Å²) in [6.45, 7) is 2.84. The standard InChI is InChI=1S/C25H23N5OS/c1-18-11-12-22-19(15-18)8-6-14-29(22)23(31)17-32-25-28-27-24(20-7-5-13-26-16-20)30(25)21-9-3-2-4-10-21/h2-5,7,9-13,15-16H,6,8,14,17H2,1H3. The monoisotopic (exact) mass is 441 g/mol. The summed E-state index contributed by atoms with van der Waals surface area (Å²) >= 11 is 1.41. The molecule has 0 unspecified atom stereocenters. The van der Waals surface area contributed by atoms with Gasteiger partial charge < -0.3 is 4.90 Å². The summed E-state index contributed by atoms with van der Waals surface area (Å²) in [4.78, 5) is 19.3. The van der Waals surface area contributed by atoms with Crippen LogP contribution in [-0.4, -0.2) is 38.0 Å². The van der Waals surface area contributed by atoms with Crippen LogP contribution in [0.15, 0.2) is 78.2 Å². The van der Waals surface area contributed by atoms with Gasteiger partial charge in [0.1, 0.15) is 0 Å². The van der Waals surface area contributed by atoms with Gasteiger partial charge in [0.2, 0.25) is 5.91 Å². The summed E-state index contributed by atoms with van der Waals surface area (Å²) in [7, 11) is 0. The van der Waals surface area contributed by atoms with Gasteiger partial charge in [-0.1, -0.05) is 47.7 Å². The maximum atomic E-state index is 13.2. The lowest BCUT2D eigenvalue weighted by Gasteiger charge is -2.29. The Balaban J connectivity index is 1.42. The number of carbonyl (C=O) groups is 1. The molecular weight excluding hydrogens is 418 g/mol. The number of thioether (sulfide) groups is 1. The first-order valence-corrected chi connectivity index (χ1v) is 11.6. The van der Waals surface area contributed by atoms with Crippen molar-refractivity contribution in [2.75, 3.05) is 17.2 Å². The Morgan fingerprint density at radius 1 is 1.06 bits per heavy atom. The van der Waals surface area contributed by atoms with Gasteiger partial charge in [-0.05, 0) is 55.7 Å². The minimum atomic E-state index is 0.0883. The quantitative estimate of drug-likeness (QED) is 0.420. The summed E-state index contributed by atoms with van der Waals surface area (Å²) in [6, 6.07) is 20.1. The Morgan fingerprint density at radius 2 is 1.94 bits per heavy atom. The molecule has 160 valence electrons. The molecule has 0 atom stereocenters. The van der Waals surface area contributed by atoms with E-state index in [1.54, 1.807) is 12.4 Å². The zero-order chi connectivity index (χ0) is 21.9. The van der Waals surface area contributed by atoms with Crippen LogP contribution in [-0.2, 0) is 11.2 Å². The molecule has 0 radical (unpaired) electrons. The number of hydrogen-bond donors (Lipinski definition) is 0. The van der Waals surface area contributed by atoms with Gasteiger partial charge in [0.25, 0.3) is 0 Å². The first-order valence-electron chi connectivity index (χ1n) is 10.6. The molecule has 7 heteroatoms. The molecule has 2 aromatic heterocycles. The highest BCUT2D eigenvalue weighted by molar-refractivity contribution is 7.99. The van der Waals surface area contributed by atoms with Crippen LogP contribution in [0, 0.1) is 6.92 Å². The zero-order valence-corrected chi connectivity index (χ0v) is 18.6. The molecule has 4 aromatic rings. The summed E-state index contributed by atoms with van der Waals surface area (Å²) < 4.78 is 1.99. The lowest BCUT2D eigenvalue weighted by molar-refractivity contribution is -0.116. The molecule has 5 rings (SSSR count). The average molecular weight is 442 g/mol. The fourth-order valence-electron chi connectivity index (χ4n) is 4.04. The van der Waals surface area contributed by atoms with E-state index in [-0.39, 0.29) is 5.91 Å².